The van der Waals surface area contributed by atoms with Gasteiger partial charge in [-0.15, -0.1) is 0 Å². The molecule has 0 saturated carbocycles. The van der Waals surface area contributed by atoms with Gasteiger partial charge in [0.1, 0.15) is 0 Å². The van der Waals surface area contributed by atoms with Crippen molar-refractivity contribution >= 4 is 0 Å². The van der Waals surface area contributed by atoms with Crippen LogP contribution in [0.25, 0.3) is 0 Å². The fourth-order valence-electron chi connectivity index (χ4n) is 4.40. The van der Waals surface area contributed by atoms with Gasteiger partial charge >= 0.3 is 0 Å². The summed E-state index contributed by atoms with van der Waals surface area (Å²) in [6, 6.07) is 23.1. The highest BCUT2D eigenvalue weighted by atomic mass is 15.2. The predicted molar refractivity (Wildman–Crippen MR) is 95.3 cm³/mol. The van der Waals surface area contributed by atoms with Gasteiger partial charge in [0.25, 0.3) is 0 Å². The minimum atomic E-state index is 0.623. The number of hydrogen-bond donors (Lipinski definition) is 1. The van der Waals surface area contributed by atoms with Gasteiger partial charge in [0, 0.05) is 18.6 Å². The lowest BCUT2D eigenvalue weighted by molar-refractivity contribution is 0.0127. The zero-order valence-electron chi connectivity index (χ0n) is 13.7. The molecule has 3 aliphatic rings. The van der Waals surface area contributed by atoms with Crippen molar-refractivity contribution < 1.29 is 0 Å². The normalized spacial score (nSPS) is 29.6. The molecule has 2 aromatic rings. The summed E-state index contributed by atoms with van der Waals surface area (Å²) in [6.45, 7) is 3.55. The molecular formula is C21H26N2. The molecule has 2 bridgehead atoms. The Hall–Kier alpha value is -1.64. The van der Waals surface area contributed by atoms with E-state index in [4.69, 9.17) is 0 Å². The highest BCUT2D eigenvalue weighted by molar-refractivity contribution is 5.19. The van der Waals surface area contributed by atoms with Crippen molar-refractivity contribution in [1.29, 1.82) is 0 Å². The molecule has 120 valence electrons. The zero-order valence-corrected chi connectivity index (χ0v) is 13.7. The molecule has 0 aromatic heterocycles. The number of piperidine rings is 3. The molecule has 2 heteroatoms. The van der Waals surface area contributed by atoms with Gasteiger partial charge in [-0.1, -0.05) is 60.7 Å². The van der Waals surface area contributed by atoms with Crippen LogP contribution in [-0.4, -0.2) is 30.1 Å². The third-order valence-electron chi connectivity index (χ3n) is 5.64. The SMILES string of the molecule is c1ccc(CN[C@@H]2C3CCN(CC3)[C@@H]2Cc2ccccc2)cc1. The third-order valence-corrected chi connectivity index (χ3v) is 5.64. The summed E-state index contributed by atoms with van der Waals surface area (Å²) in [5, 5.41) is 3.90. The molecule has 0 spiro atoms. The molecule has 2 atom stereocenters. The maximum Gasteiger partial charge on any atom is 0.0292 e. The molecular weight excluding hydrogens is 280 g/mol. The van der Waals surface area contributed by atoms with Crippen LogP contribution in [0.4, 0.5) is 0 Å². The maximum atomic E-state index is 3.90. The second-order valence-electron chi connectivity index (χ2n) is 7.02. The Balaban J connectivity index is 1.48. The second-order valence-corrected chi connectivity index (χ2v) is 7.02. The van der Waals surface area contributed by atoms with Crippen molar-refractivity contribution in [2.75, 3.05) is 13.1 Å². The lowest BCUT2D eigenvalue weighted by Gasteiger charge is -2.51. The Morgan fingerprint density at radius 1 is 0.826 bits per heavy atom. The van der Waals surface area contributed by atoms with E-state index in [9.17, 15) is 0 Å². The smallest absolute Gasteiger partial charge is 0.0292 e. The van der Waals surface area contributed by atoms with E-state index in [-0.39, 0.29) is 0 Å². The molecule has 0 aliphatic carbocycles. The monoisotopic (exact) mass is 306 g/mol. The summed E-state index contributed by atoms with van der Waals surface area (Å²) in [5.41, 5.74) is 2.86. The van der Waals surface area contributed by atoms with Crippen LogP contribution < -0.4 is 5.32 Å². The summed E-state index contributed by atoms with van der Waals surface area (Å²) in [7, 11) is 0. The second kappa shape index (κ2) is 6.86. The fraction of sp³-hybridized carbons (Fsp3) is 0.429. The van der Waals surface area contributed by atoms with Crippen LogP contribution in [0.2, 0.25) is 0 Å². The van der Waals surface area contributed by atoms with E-state index >= 15 is 0 Å². The van der Waals surface area contributed by atoms with E-state index in [1.54, 1.807) is 0 Å². The molecule has 0 radical (unpaired) electrons. The predicted octanol–water partition coefficient (Wildman–Crippen LogP) is 3.48. The standard InChI is InChI=1S/C21H26N2/c1-3-7-17(8-4-1)15-20-21(19-11-13-23(20)14-12-19)22-16-18-9-5-2-6-10-18/h1-10,19-22H,11-16H2/t20-,21-/m1/s1. The largest absolute Gasteiger partial charge is 0.308 e. The Bertz CT molecular complexity index is 602. The molecule has 0 amide bonds. The third kappa shape index (κ3) is 3.34. The lowest BCUT2D eigenvalue weighted by Crippen LogP contribution is -2.63. The van der Waals surface area contributed by atoms with Gasteiger partial charge < -0.3 is 5.32 Å². The van der Waals surface area contributed by atoms with Gasteiger partial charge in [0.2, 0.25) is 0 Å². The molecule has 23 heavy (non-hydrogen) atoms. The molecule has 2 aromatic carbocycles. The van der Waals surface area contributed by atoms with Crippen molar-refractivity contribution in [3.63, 3.8) is 0 Å². The molecule has 3 fully saturated rings. The van der Waals surface area contributed by atoms with E-state index in [2.05, 4.69) is 70.9 Å². The number of nitrogens with one attached hydrogen (secondary N) is 1. The Morgan fingerprint density at radius 3 is 2.09 bits per heavy atom. The summed E-state index contributed by atoms with van der Waals surface area (Å²) >= 11 is 0. The summed E-state index contributed by atoms with van der Waals surface area (Å²) in [5.74, 6) is 0.845. The van der Waals surface area contributed by atoms with Crippen molar-refractivity contribution in [3.8, 4) is 0 Å². The van der Waals surface area contributed by atoms with Crippen LogP contribution in [0.3, 0.4) is 0 Å². The van der Waals surface area contributed by atoms with Gasteiger partial charge in [0.15, 0.2) is 0 Å². The van der Waals surface area contributed by atoms with Crippen molar-refractivity contribution in [2.45, 2.75) is 37.9 Å². The highest BCUT2D eigenvalue weighted by Gasteiger charge is 2.41. The minimum absolute atomic E-state index is 0.623. The minimum Gasteiger partial charge on any atom is -0.308 e. The van der Waals surface area contributed by atoms with Crippen LogP contribution in [-0.2, 0) is 13.0 Å². The number of fused-ring (bicyclic) bond motifs is 3. The first-order valence-corrected chi connectivity index (χ1v) is 8.95. The molecule has 3 heterocycles. The van der Waals surface area contributed by atoms with E-state index in [1.807, 2.05) is 0 Å². The first-order valence-electron chi connectivity index (χ1n) is 8.95. The number of nitrogens with zero attached hydrogens (tertiary/aromatic N) is 1. The van der Waals surface area contributed by atoms with Crippen LogP contribution in [0.15, 0.2) is 60.7 Å². The number of rotatable bonds is 5. The Kier molecular flexibility index (Phi) is 4.45. The van der Waals surface area contributed by atoms with E-state index in [0.717, 1.165) is 12.5 Å². The summed E-state index contributed by atoms with van der Waals surface area (Å²) in [4.78, 5) is 2.72. The fourth-order valence-corrected chi connectivity index (χ4v) is 4.40. The topological polar surface area (TPSA) is 15.3 Å². The molecule has 0 unspecified atom stereocenters. The average molecular weight is 306 g/mol. The summed E-state index contributed by atoms with van der Waals surface area (Å²) < 4.78 is 0. The van der Waals surface area contributed by atoms with Crippen LogP contribution in [0, 0.1) is 5.92 Å². The molecule has 1 N–H and O–H groups in total. The quantitative estimate of drug-likeness (QED) is 0.910. The van der Waals surface area contributed by atoms with E-state index in [1.165, 1.54) is 43.5 Å². The maximum absolute atomic E-state index is 3.90. The van der Waals surface area contributed by atoms with Gasteiger partial charge in [-0.3, -0.25) is 4.90 Å². The first-order chi connectivity index (χ1) is 11.4. The molecule has 5 rings (SSSR count). The molecule has 3 aliphatic heterocycles. The van der Waals surface area contributed by atoms with Gasteiger partial charge in [-0.25, -0.2) is 0 Å². The van der Waals surface area contributed by atoms with Crippen LogP contribution in [0.5, 0.6) is 0 Å². The molecule has 3 saturated heterocycles. The lowest BCUT2D eigenvalue weighted by atomic mass is 9.76. The van der Waals surface area contributed by atoms with Crippen LogP contribution >= 0.6 is 0 Å². The first kappa shape index (κ1) is 14.9. The van der Waals surface area contributed by atoms with Crippen LogP contribution in [0.1, 0.15) is 24.0 Å². The van der Waals surface area contributed by atoms with Gasteiger partial charge in [-0.2, -0.15) is 0 Å². The average Bonchev–Trinajstić information content (AvgIpc) is 2.63. The Morgan fingerprint density at radius 2 is 1.43 bits per heavy atom. The number of benzene rings is 2. The van der Waals surface area contributed by atoms with Gasteiger partial charge in [0.05, 0.1) is 0 Å². The number of hydrogen-bond acceptors (Lipinski definition) is 2. The van der Waals surface area contributed by atoms with E-state index in [0.29, 0.717) is 12.1 Å². The van der Waals surface area contributed by atoms with E-state index < -0.39 is 0 Å². The van der Waals surface area contributed by atoms with Gasteiger partial charge in [-0.05, 0) is 49.4 Å². The summed E-state index contributed by atoms with van der Waals surface area (Å²) in [6.07, 6.45) is 3.89. The van der Waals surface area contributed by atoms with Crippen molar-refractivity contribution in [1.82, 2.24) is 10.2 Å². The van der Waals surface area contributed by atoms with Crippen molar-refractivity contribution in [3.05, 3.63) is 71.8 Å². The van der Waals surface area contributed by atoms with Crippen molar-refractivity contribution in [2.24, 2.45) is 5.92 Å². The zero-order chi connectivity index (χ0) is 15.5. The highest BCUT2D eigenvalue weighted by Crippen LogP contribution is 2.34. The Labute approximate surface area is 139 Å². The molecule has 2 nitrogen and oxygen atoms in total.